The number of amides is 1. The van der Waals surface area contributed by atoms with Crippen molar-refractivity contribution < 1.29 is 9.18 Å². The molecule has 1 aromatic heterocycles. The second kappa shape index (κ2) is 6.85. The predicted octanol–water partition coefficient (Wildman–Crippen LogP) is 4.20. The van der Waals surface area contributed by atoms with Crippen molar-refractivity contribution >= 4 is 29.0 Å². The molecule has 1 fully saturated rings. The van der Waals surface area contributed by atoms with E-state index in [0.29, 0.717) is 29.4 Å². The van der Waals surface area contributed by atoms with Gasteiger partial charge in [0.15, 0.2) is 0 Å². The highest BCUT2D eigenvalue weighted by atomic mass is 35.5. The number of rotatable bonds is 2. The molecule has 4 rings (SSSR count). The number of benzene rings is 1. The number of fused-ring (bicyclic) bond motifs is 2. The Balaban J connectivity index is 1.87. The molecular formula is C22H23ClFN5O. The van der Waals surface area contributed by atoms with E-state index in [4.69, 9.17) is 17.3 Å². The summed E-state index contributed by atoms with van der Waals surface area (Å²) >= 11 is 6.84. The van der Waals surface area contributed by atoms with Crippen LogP contribution in [-0.4, -0.2) is 36.4 Å². The molecule has 30 heavy (non-hydrogen) atoms. The van der Waals surface area contributed by atoms with Crippen LogP contribution in [-0.2, 0) is 5.41 Å². The molecule has 1 amide bonds. The van der Waals surface area contributed by atoms with Crippen molar-refractivity contribution in [3.05, 3.63) is 40.3 Å². The first-order valence-corrected chi connectivity index (χ1v) is 10.1. The molecule has 0 saturated heterocycles. The average Bonchev–Trinajstić information content (AvgIpc) is 3.24. The molecule has 2 aliphatic rings. The van der Waals surface area contributed by atoms with Crippen molar-refractivity contribution in [3.63, 3.8) is 0 Å². The van der Waals surface area contributed by atoms with Gasteiger partial charge in [-0.1, -0.05) is 11.6 Å². The van der Waals surface area contributed by atoms with Crippen molar-refractivity contribution in [1.29, 1.82) is 5.26 Å². The minimum absolute atomic E-state index is 0.0684. The zero-order valence-electron chi connectivity index (χ0n) is 17.1. The van der Waals surface area contributed by atoms with Gasteiger partial charge in [0.25, 0.3) is 5.91 Å². The Morgan fingerprint density at radius 2 is 2.10 bits per heavy atom. The molecule has 2 heterocycles. The van der Waals surface area contributed by atoms with E-state index >= 15 is 4.39 Å². The Kier molecular flexibility index (Phi) is 4.66. The first-order chi connectivity index (χ1) is 14.1. The van der Waals surface area contributed by atoms with Crippen molar-refractivity contribution in [2.75, 3.05) is 31.7 Å². The van der Waals surface area contributed by atoms with E-state index in [-0.39, 0.29) is 22.2 Å². The number of nitrogen functional groups attached to an aromatic ring is 1. The van der Waals surface area contributed by atoms with E-state index in [0.717, 1.165) is 18.4 Å². The number of halogens is 2. The number of nitrogens with two attached hydrogens (primary N) is 1. The number of carbonyl (C=O) groups excluding carboxylic acids is 1. The second-order valence-corrected chi connectivity index (χ2v) is 9.16. The van der Waals surface area contributed by atoms with E-state index in [2.05, 4.69) is 16.4 Å². The number of anilines is 2. The standard InChI is InChI=1S/C22H23ClFN5O/c1-21(10-25)6-7-22(9-21)11-28-19-16(22)17(23)13(8-27-19)12-4-5-14(26)15(18(12)24)20(30)29(2)3/h4-5,8H,6-7,9,11,26H2,1-3H3,(H,27,28)/t21-,22-/m1/s1. The SMILES string of the molecule is CN(C)C(=O)c1c(N)ccc(-c2cnc3c(c2Cl)[C@@]2(CC[C@@](C)(C#N)C2)CN3)c1F. The van der Waals surface area contributed by atoms with E-state index in [1.807, 2.05) is 6.92 Å². The Bertz CT molecular complexity index is 1110. The predicted molar refractivity (Wildman–Crippen MR) is 115 cm³/mol. The molecule has 6 nitrogen and oxygen atoms in total. The Hall–Kier alpha value is -2.85. The van der Waals surface area contributed by atoms with Gasteiger partial charge in [-0.3, -0.25) is 4.79 Å². The van der Waals surface area contributed by atoms with Gasteiger partial charge in [0.05, 0.1) is 22.1 Å². The molecule has 1 spiro atoms. The number of nitrogens with zero attached hydrogens (tertiary/aromatic N) is 3. The van der Waals surface area contributed by atoms with Gasteiger partial charge in [0.2, 0.25) is 0 Å². The maximum absolute atomic E-state index is 15.4. The number of hydrogen-bond acceptors (Lipinski definition) is 5. The fourth-order valence-electron chi connectivity index (χ4n) is 4.77. The molecule has 2 atom stereocenters. The van der Waals surface area contributed by atoms with Crippen LogP contribution in [0.1, 0.15) is 42.1 Å². The van der Waals surface area contributed by atoms with Gasteiger partial charge in [-0.25, -0.2) is 9.37 Å². The Morgan fingerprint density at radius 1 is 1.37 bits per heavy atom. The number of carbonyl (C=O) groups is 1. The Labute approximate surface area is 179 Å². The van der Waals surface area contributed by atoms with Crippen LogP contribution in [0.25, 0.3) is 11.1 Å². The first-order valence-electron chi connectivity index (χ1n) is 9.76. The zero-order chi connectivity index (χ0) is 21.8. The first kappa shape index (κ1) is 20.4. The van der Waals surface area contributed by atoms with Gasteiger partial charge in [0.1, 0.15) is 11.6 Å². The molecule has 156 valence electrons. The summed E-state index contributed by atoms with van der Waals surface area (Å²) in [6.07, 6.45) is 3.75. The number of pyridine rings is 1. The summed E-state index contributed by atoms with van der Waals surface area (Å²) in [6.45, 7) is 2.61. The van der Waals surface area contributed by atoms with Crippen LogP contribution in [0.5, 0.6) is 0 Å². The molecule has 8 heteroatoms. The normalized spacial score (nSPS) is 24.4. The maximum atomic E-state index is 15.4. The van der Waals surface area contributed by atoms with Crippen LogP contribution in [0.2, 0.25) is 5.02 Å². The molecule has 3 N–H and O–H groups in total. The fourth-order valence-corrected chi connectivity index (χ4v) is 5.22. The van der Waals surface area contributed by atoms with Gasteiger partial charge in [-0.15, -0.1) is 0 Å². The fraction of sp³-hybridized carbons (Fsp3) is 0.409. The van der Waals surface area contributed by atoms with Crippen LogP contribution in [0, 0.1) is 22.6 Å². The summed E-state index contributed by atoms with van der Waals surface area (Å²) in [6, 6.07) is 5.46. The van der Waals surface area contributed by atoms with Crippen molar-refractivity contribution in [2.45, 2.75) is 31.6 Å². The lowest BCUT2D eigenvalue weighted by Gasteiger charge is -2.26. The number of hydrogen-bond donors (Lipinski definition) is 2. The van der Waals surface area contributed by atoms with Crippen molar-refractivity contribution in [2.24, 2.45) is 5.41 Å². The third-order valence-corrected chi connectivity index (χ3v) is 6.77. The Morgan fingerprint density at radius 3 is 2.73 bits per heavy atom. The average molecular weight is 428 g/mol. The lowest BCUT2D eigenvalue weighted by molar-refractivity contribution is 0.0824. The van der Waals surface area contributed by atoms with E-state index in [1.54, 1.807) is 14.1 Å². The summed E-state index contributed by atoms with van der Waals surface area (Å²) in [5.74, 6) is -0.562. The third kappa shape index (κ3) is 2.90. The highest BCUT2D eigenvalue weighted by Gasteiger charge is 2.52. The summed E-state index contributed by atoms with van der Waals surface area (Å²) in [5, 5.41) is 13.3. The molecule has 1 aromatic carbocycles. The highest BCUT2D eigenvalue weighted by molar-refractivity contribution is 6.34. The topological polar surface area (TPSA) is 95.0 Å². The number of nitrogens with one attached hydrogen (secondary N) is 1. The molecule has 1 saturated carbocycles. The maximum Gasteiger partial charge on any atom is 0.258 e. The van der Waals surface area contributed by atoms with Gasteiger partial charge < -0.3 is 16.0 Å². The summed E-state index contributed by atoms with van der Waals surface area (Å²) < 4.78 is 15.4. The van der Waals surface area contributed by atoms with Gasteiger partial charge >= 0.3 is 0 Å². The van der Waals surface area contributed by atoms with Crippen LogP contribution >= 0.6 is 11.6 Å². The van der Waals surface area contributed by atoms with Crippen molar-refractivity contribution in [3.8, 4) is 17.2 Å². The highest BCUT2D eigenvalue weighted by Crippen LogP contribution is 2.57. The molecule has 2 aromatic rings. The van der Waals surface area contributed by atoms with E-state index in [1.165, 1.54) is 23.2 Å². The number of aromatic nitrogens is 1. The lowest BCUT2D eigenvalue weighted by atomic mass is 9.77. The van der Waals surface area contributed by atoms with Crippen LogP contribution < -0.4 is 11.1 Å². The smallest absolute Gasteiger partial charge is 0.258 e. The minimum Gasteiger partial charge on any atom is -0.398 e. The molecular weight excluding hydrogens is 405 g/mol. The minimum atomic E-state index is -0.717. The van der Waals surface area contributed by atoms with Gasteiger partial charge in [0, 0.05) is 54.6 Å². The molecule has 0 radical (unpaired) electrons. The quantitative estimate of drug-likeness (QED) is 0.700. The summed E-state index contributed by atoms with van der Waals surface area (Å²) in [5.41, 5.74) is 6.46. The zero-order valence-corrected chi connectivity index (χ0v) is 17.9. The molecule has 0 unspecified atom stereocenters. The van der Waals surface area contributed by atoms with Crippen molar-refractivity contribution in [1.82, 2.24) is 9.88 Å². The van der Waals surface area contributed by atoms with E-state index in [9.17, 15) is 10.1 Å². The molecule has 1 aliphatic carbocycles. The van der Waals surface area contributed by atoms with Gasteiger partial charge in [-0.2, -0.15) is 5.26 Å². The molecule has 1 aliphatic heterocycles. The molecule has 0 bridgehead atoms. The summed E-state index contributed by atoms with van der Waals surface area (Å²) in [7, 11) is 3.08. The van der Waals surface area contributed by atoms with E-state index < -0.39 is 17.1 Å². The second-order valence-electron chi connectivity index (χ2n) is 8.78. The van der Waals surface area contributed by atoms with Crippen LogP contribution in [0.4, 0.5) is 15.9 Å². The van der Waals surface area contributed by atoms with Crippen LogP contribution in [0.15, 0.2) is 18.3 Å². The van der Waals surface area contributed by atoms with Gasteiger partial charge in [-0.05, 0) is 38.3 Å². The summed E-state index contributed by atoms with van der Waals surface area (Å²) in [4.78, 5) is 18.2. The third-order valence-electron chi connectivity index (χ3n) is 6.38. The monoisotopic (exact) mass is 427 g/mol. The van der Waals surface area contributed by atoms with Crippen LogP contribution in [0.3, 0.4) is 0 Å². The largest absolute Gasteiger partial charge is 0.398 e. The number of nitriles is 1. The lowest BCUT2D eigenvalue weighted by Crippen LogP contribution is -2.27.